The Morgan fingerprint density at radius 1 is 1.18 bits per heavy atom. The standard InChI is InChI=1S/C13H15ClO3/c14-10-3-2-9(8-13(15)4-5-13)11-12(10)17-7-1-6-16-11/h2-3,15H,1,4-8H2. The molecular formula is C13H15ClO3. The lowest BCUT2D eigenvalue weighted by Gasteiger charge is -2.15. The highest BCUT2D eigenvalue weighted by Crippen LogP contribution is 2.45. The lowest BCUT2D eigenvalue weighted by Crippen LogP contribution is -2.12. The first-order valence-electron chi connectivity index (χ1n) is 5.97. The topological polar surface area (TPSA) is 38.7 Å². The van der Waals surface area contributed by atoms with Gasteiger partial charge in [0.05, 0.1) is 23.8 Å². The lowest BCUT2D eigenvalue weighted by atomic mass is 10.0. The van der Waals surface area contributed by atoms with E-state index in [4.69, 9.17) is 21.1 Å². The average molecular weight is 255 g/mol. The van der Waals surface area contributed by atoms with Gasteiger partial charge in [0.1, 0.15) is 0 Å². The summed E-state index contributed by atoms with van der Waals surface area (Å²) in [5.74, 6) is 1.35. The van der Waals surface area contributed by atoms with Gasteiger partial charge in [-0.15, -0.1) is 0 Å². The van der Waals surface area contributed by atoms with Crippen LogP contribution in [-0.4, -0.2) is 23.9 Å². The van der Waals surface area contributed by atoms with Crippen molar-refractivity contribution in [3.63, 3.8) is 0 Å². The third-order valence-electron chi connectivity index (χ3n) is 3.27. The molecule has 0 atom stereocenters. The summed E-state index contributed by atoms with van der Waals surface area (Å²) in [6.07, 6.45) is 3.21. The van der Waals surface area contributed by atoms with Crippen LogP contribution < -0.4 is 9.47 Å². The zero-order valence-electron chi connectivity index (χ0n) is 9.54. The minimum atomic E-state index is -0.530. The number of aliphatic hydroxyl groups is 1. The number of halogens is 1. The Labute approximate surface area is 105 Å². The summed E-state index contributed by atoms with van der Waals surface area (Å²) < 4.78 is 11.3. The number of fused-ring (bicyclic) bond motifs is 1. The monoisotopic (exact) mass is 254 g/mol. The minimum Gasteiger partial charge on any atom is -0.489 e. The molecule has 1 aromatic carbocycles. The number of rotatable bonds is 2. The van der Waals surface area contributed by atoms with Crippen LogP contribution in [0, 0.1) is 0 Å². The van der Waals surface area contributed by atoms with E-state index in [1.54, 1.807) is 0 Å². The fourth-order valence-electron chi connectivity index (χ4n) is 2.09. The van der Waals surface area contributed by atoms with Crippen LogP contribution in [0.4, 0.5) is 0 Å². The van der Waals surface area contributed by atoms with Crippen molar-refractivity contribution >= 4 is 11.6 Å². The second-order valence-electron chi connectivity index (χ2n) is 4.82. The molecule has 4 heteroatoms. The molecule has 1 fully saturated rings. The Morgan fingerprint density at radius 2 is 1.88 bits per heavy atom. The van der Waals surface area contributed by atoms with Gasteiger partial charge in [-0.3, -0.25) is 0 Å². The largest absolute Gasteiger partial charge is 0.489 e. The molecule has 1 N–H and O–H groups in total. The first-order chi connectivity index (χ1) is 8.18. The molecule has 2 aliphatic rings. The second kappa shape index (κ2) is 4.07. The predicted molar refractivity (Wildman–Crippen MR) is 64.9 cm³/mol. The highest BCUT2D eigenvalue weighted by atomic mass is 35.5. The molecule has 3 rings (SSSR count). The molecule has 0 aromatic heterocycles. The zero-order valence-corrected chi connectivity index (χ0v) is 10.3. The quantitative estimate of drug-likeness (QED) is 0.882. The number of hydrogen-bond acceptors (Lipinski definition) is 3. The fourth-order valence-corrected chi connectivity index (χ4v) is 2.30. The number of benzene rings is 1. The number of ether oxygens (including phenoxy) is 2. The van der Waals surface area contributed by atoms with Gasteiger partial charge in [0.15, 0.2) is 11.5 Å². The van der Waals surface area contributed by atoms with E-state index in [1.807, 2.05) is 12.1 Å². The van der Waals surface area contributed by atoms with E-state index in [1.165, 1.54) is 0 Å². The van der Waals surface area contributed by atoms with Crippen LogP contribution in [0.2, 0.25) is 5.02 Å². The Bertz CT molecular complexity index is 441. The maximum atomic E-state index is 9.99. The van der Waals surface area contributed by atoms with E-state index >= 15 is 0 Å². The highest BCUT2D eigenvalue weighted by molar-refractivity contribution is 6.32. The molecule has 1 aromatic rings. The van der Waals surface area contributed by atoms with Crippen molar-refractivity contribution in [1.29, 1.82) is 0 Å². The smallest absolute Gasteiger partial charge is 0.180 e. The summed E-state index contributed by atoms with van der Waals surface area (Å²) in [4.78, 5) is 0. The summed E-state index contributed by atoms with van der Waals surface area (Å²) >= 11 is 6.11. The molecule has 0 spiro atoms. The molecule has 1 aliphatic heterocycles. The van der Waals surface area contributed by atoms with Gasteiger partial charge in [-0.2, -0.15) is 0 Å². The van der Waals surface area contributed by atoms with Gasteiger partial charge in [-0.25, -0.2) is 0 Å². The summed E-state index contributed by atoms with van der Waals surface area (Å²) in [5.41, 5.74) is 0.461. The van der Waals surface area contributed by atoms with Crippen molar-refractivity contribution in [2.24, 2.45) is 0 Å². The molecule has 1 heterocycles. The van der Waals surface area contributed by atoms with Gasteiger partial charge in [-0.05, 0) is 18.9 Å². The Kier molecular flexibility index (Phi) is 2.68. The molecule has 3 nitrogen and oxygen atoms in total. The van der Waals surface area contributed by atoms with Gasteiger partial charge in [0.25, 0.3) is 0 Å². The first kappa shape index (κ1) is 11.2. The van der Waals surface area contributed by atoms with Crippen LogP contribution in [-0.2, 0) is 6.42 Å². The van der Waals surface area contributed by atoms with Crippen molar-refractivity contribution < 1.29 is 14.6 Å². The Hall–Kier alpha value is -0.930. The zero-order chi connectivity index (χ0) is 11.9. The lowest BCUT2D eigenvalue weighted by molar-refractivity contribution is 0.149. The molecule has 92 valence electrons. The van der Waals surface area contributed by atoms with Gasteiger partial charge in [0.2, 0.25) is 0 Å². The van der Waals surface area contributed by atoms with Crippen molar-refractivity contribution in [3.8, 4) is 11.5 Å². The highest BCUT2D eigenvalue weighted by Gasteiger charge is 2.41. The van der Waals surface area contributed by atoms with Gasteiger partial charge < -0.3 is 14.6 Å². The summed E-state index contributed by atoms with van der Waals surface area (Å²) in [6, 6.07) is 3.74. The molecule has 0 bridgehead atoms. The third kappa shape index (κ3) is 2.22. The van der Waals surface area contributed by atoms with E-state index in [-0.39, 0.29) is 0 Å². The maximum Gasteiger partial charge on any atom is 0.180 e. The molecule has 0 unspecified atom stereocenters. The molecule has 1 saturated carbocycles. The predicted octanol–water partition coefficient (Wildman–Crippen LogP) is 2.57. The molecular weight excluding hydrogens is 240 g/mol. The van der Waals surface area contributed by atoms with Crippen molar-refractivity contribution in [1.82, 2.24) is 0 Å². The van der Waals surface area contributed by atoms with Gasteiger partial charge >= 0.3 is 0 Å². The third-order valence-corrected chi connectivity index (χ3v) is 3.57. The second-order valence-corrected chi connectivity index (χ2v) is 5.22. The minimum absolute atomic E-state index is 0.530. The Balaban J connectivity index is 1.97. The molecule has 0 amide bonds. The van der Waals surface area contributed by atoms with Crippen LogP contribution in [0.15, 0.2) is 12.1 Å². The van der Waals surface area contributed by atoms with Gasteiger partial charge in [0, 0.05) is 18.4 Å². The van der Waals surface area contributed by atoms with Crippen LogP contribution in [0.5, 0.6) is 11.5 Å². The molecule has 1 aliphatic carbocycles. The van der Waals surface area contributed by atoms with E-state index in [0.717, 1.165) is 30.6 Å². The van der Waals surface area contributed by atoms with Crippen LogP contribution >= 0.6 is 11.6 Å². The Morgan fingerprint density at radius 3 is 2.59 bits per heavy atom. The van der Waals surface area contributed by atoms with Crippen molar-refractivity contribution in [2.75, 3.05) is 13.2 Å². The average Bonchev–Trinajstić information content (AvgIpc) is 3.06. The summed E-state index contributed by atoms with van der Waals surface area (Å²) in [7, 11) is 0. The molecule has 0 radical (unpaired) electrons. The van der Waals surface area contributed by atoms with E-state index in [0.29, 0.717) is 30.4 Å². The molecule has 17 heavy (non-hydrogen) atoms. The maximum absolute atomic E-state index is 9.99. The first-order valence-corrected chi connectivity index (χ1v) is 6.35. The van der Waals surface area contributed by atoms with Gasteiger partial charge in [-0.1, -0.05) is 17.7 Å². The van der Waals surface area contributed by atoms with Crippen molar-refractivity contribution in [3.05, 3.63) is 22.7 Å². The van der Waals surface area contributed by atoms with Crippen LogP contribution in [0.1, 0.15) is 24.8 Å². The number of hydrogen-bond donors (Lipinski definition) is 1. The fraction of sp³-hybridized carbons (Fsp3) is 0.538. The van der Waals surface area contributed by atoms with E-state index in [9.17, 15) is 5.11 Å². The normalized spacial score (nSPS) is 20.8. The SMILES string of the molecule is OC1(Cc2ccc(Cl)c3c2OCCCO3)CC1. The molecule has 0 saturated heterocycles. The van der Waals surface area contributed by atoms with Crippen LogP contribution in [0.25, 0.3) is 0 Å². The van der Waals surface area contributed by atoms with Crippen molar-refractivity contribution in [2.45, 2.75) is 31.3 Å². The summed E-state index contributed by atoms with van der Waals surface area (Å²) in [5, 5.41) is 10.6. The van der Waals surface area contributed by atoms with E-state index < -0.39 is 5.60 Å². The summed E-state index contributed by atoms with van der Waals surface area (Å²) in [6.45, 7) is 1.26. The van der Waals surface area contributed by atoms with E-state index in [2.05, 4.69) is 0 Å². The van der Waals surface area contributed by atoms with Crippen LogP contribution in [0.3, 0.4) is 0 Å².